The molecule has 1 aliphatic heterocycles. The lowest BCUT2D eigenvalue weighted by Crippen LogP contribution is -2.41. The maximum atomic E-state index is 3.53. The zero-order valence-corrected chi connectivity index (χ0v) is 14.9. The van der Waals surface area contributed by atoms with Crippen molar-refractivity contribution in [2.45, 2.75) is 45.8 Å². The predicted octanol–water partition coefficient (Wildman–Crippen LogP) is 3.02. The van der Waals surface area contributed by atoms with Crippen molar-refractivity contribution in [1.82, 2.24) is 15.1 Å². The van der Waals surface area contributed by atoms with Crippen LogP contribution in [0.1, 0.15) is 36.4 Å². The third kappa shape index (κ3) is 5.70. The van der Waals surface area contributed by atoms with E-state index in [1.54, 1.807) is 0 Å². The van der Waals surface area contributed by atoms with Crippen molar-refractivity contribution in [1.29, 1.82) is 0 Å². The van der Waals surface area contributed by atoms with Gasteiger partial charge < -0.3 is 10.2 Å². The van der Waals surface area contributed by atoms with E-state index in [1.807, 2.05) is 11.3 Å². The van der Waals surface area contributed by atoms with Crippen LogP contribution in [0.4, 0.5) is 0 Å². The fraction of sp³-hybridized carbons (Fsp3) is 0.765. The summed E-state index contributed by atoms with van der Waals surface area (Å²) in [5.41, 5.74) is 0. The van der Waals surface area contributed by atoms with Gasteiger partial charge in [-0.1, -0.05) is 13.8 Å². The highest BCUT2D eigenvalue weighted by atomic mass is 32.1. The van der Waals surface area contributed by atoms with Gasteiger partial charge in [0, 0.05) is 42.0 Å². The molecule has 1 saturated heterocycles. The molecule has 1 aromatic heterocycles. The van der Waals surface area contributed by atoms with Gasteiger partial charge in [-0.05, 0) is 51.5 Å². The van der Waals surface area contributed by atoms with Crippen LogP contribution in [0.3, 0.4) is 0 Å². The molecule has 0 bridgehead atoms. The van der Waals surface area contributed by atoms with Crippen molar-refractivity contribution >= 4 is 11.3 Å². The summed E-state index contributed by atoms with van der Waals surface area (Å²) in [6, 6.07) is 5.38. The van der Waals surface area contributed by atoms with E-state index in [1.165, 1.54) is 35.7 Å². The number of rotatable bonds is 7. The number of hydrogen-bond donors (Lipinski definition) is 1. The van der Waals surface area contributed by atoms with Gasteiger partial charge in [-0.15, -0.1) is 11.3 Å². The number of hydrogen-bond acceptors (Lipinski definition) is 4. The average Bonchev–Trinajstić information content (AvgIpc) is 2.86. The highest BCUT2D eigenvalue weighted by Gasteiger charge is 2.20. The van der Waals surface area contributed by atoms with Gasteiger partial charge in [0.25, 0.3) is 0 Å². The molecule has 0 spiro atoms. The Hall–Kier alpha value is -0.420. The second kappa shape index (κ2) is 8.28. The first-order valence-electron chi connectivity index (χ1n) is 8.21. The van der Waals surface area contributed by atoms with Gasteiger partial charge in [-0.3, -0.25) is 4.90 Å². The van der Waals surface area contributed by atoms with Gasteiger partial charge in [0.1, 0.15) is 0 Å². The molecule has 1 fully saturated rings. The molecular formula is C17H31N3S. The summed E-state index contributed by atoms with van der Waals surface area (Å²) in [4.78, 5) is 7.96. The smallest absolute Gasteiger partial charge is 0.0328 e. The number of likely N-dealkylation sites (tertiary alicyclic amines) is 1. The summed E-state index contributed by atoms with van der Waals surface area (Å²) in [6.07, 6.45) is 2.61. The number of thiophene rings is 1. The summed E-state index contributed by atoms with van der Waals surface area (Å²) in [5, 5.41) is 3.53. The highest BCUT2D eigenvalue weighted by Crippen LogP contribution is 2.21. The molecule has 0 unspecified atom stereocenters. The van der Waals surface area contributed by atoms with E-state index >= 15 is 0 Å². The first-order chi connectivity index (χ1) is 10.0. The molecule has 0 aliphatic carbocycles. The Morgan fingerprint density at radius 1 is 1.24 bits per heavy atom. The van der Waals surface area contributed by atoms with Gasteiger partial charge >= 0.3 is 0 Å². The van der Waals surface area contributed by atoms with Crippen molar-refractivity contribution in [2.24, 2.45) is 5.92 Å². The van der Waals surface area contributed by atoms with E-state index < -0.39 is 0 Å². The second-order valence-electron chi connectivity index (χ2n) is 6.86. The lowest BCUT2D eigenvalue weighted by atomic mass is 10.0. The van der Waals surface area contributed by atoms with E-state index in [4.69, 9.17) is 0 Å². The topological polar surface area (TPSA) is 18.5 Å². The van der Waals surface area contributed by atoms with Crippen molar-refractivity contribution in [3.8, 4) is 0 Å². The van der Waals surface area contributed by atoms with Crippen molar-refractivity contribution in [2.75, 3.05) is 33.7 Å². The lowest BCUT2D eigenvalue weighted by molar-refractivity contribution is 0.141. The quantitative estimate of drug-likeness (QED) is 0.835. The summed E-state index contributed by atoms with van der Waals surface area (Å²) in [6.45, 7) is 10.2. The number of nitrogens with zero attached hydrogens (tertiary/aromatic N) is 2. The number of piperidine rings is 1. The molecule has 0 radical (unpaired) electrons. The van der Waals surface area contributed by atoms with Crippen molar-refractivity contribution in [3.05, 3.63) is 21.9 Å². The van der Waals surface area contributed by atoms with Crippen LogP contribution in [0.25, 0.3) is 0 Å². The molecule has 0 saturated carbocycles. The first kappa shape index (κ1) is 16.9. The van der Waals surface area contributed by atoms with Crippen LogP contribution >= 0.6 is 11.3 Å². The van der Waals surface area contributed by atoms with Crippen LogP contribution in [0.5, 0.6) is 0 Å². The second-order valence-corrected chi connectivity index (χ2v) is 8.12. The Labute approximate surface area is 134 Å². The molecule has 4 heteroatoms. The minimum atomic E-state index is 0.724. The third-order valence-corrected chi connectivity index (χ3v) is 5.31. The summed E-state index contributed by atoms with van der Waals surface area (Å²) < 4.78 is 0. The minimum Gasteiger partial charge on any atom is -0.312 e. The van der Waals surface area contributed by atoms with Crippen molar-refractivity contribution in [3.63, 3.8) is 0 Å². The van der Waals surface area contributed by atoms with E-state index in [0.717, 1.165) is 31.6 Å². The van der Waals surface area contributed by atoms with Gasteiger partial charge in [-0.25, -0.2) is 0 Å². The standard InChI is InChI=1S/C17H31N3S/c1-14(2)11-18-12-16-5-6-17(21-16)13-20-9-7-15(8-10-20)19(3)4/h5-6,14-15,18H,7-13H2,1-4H3. The molecule has 1 aromatic rings. The summed E-state index contributed by atoms with van der Waals surface area (Å²) in [7, 11) is 4.41. The zero-order chi connectivity index (χ0) is 15.2. The largest absolute Gasteiger partial charge is 0.312 e. The maximum Gasteiger partial charge on any atom is 0.0328 e. The van der Waals surface area contributed by atoms with E-state index in [9.17, 15) is 0 Å². The third-order valence-electron chi connectivity index (χ3n) is 4.24. The van der Waals surface area contributed by atoms with Crippen LogP contribution in [0, 0.1) is 5.92 Å². The Kier molecular flexibility index (Phi) is 6.68. The maximum absolute atomic E-state index is 3.53. The average molecular weight is 310 g/mol. The fourth-order valence-electron chi connectivity index (χ4n) is 2.90. The summed E-state index contributed by atoms with van der Waals surface area (Å²) in [5.74, 6) is 0.724. The molecule has 0 amide bonds. The van der Waals surface area contributed by atoms with Crippen molar-refractivity contribution < 1.29 is 0 Å². The molecule has 21 heavy (non-hydrogen) atoms. The lowest BCUT2D eigenvalue weighted by Gasteiger charge is -2.34. The van der Waals surface area contributed by atoms with Crippen LogP contribution in [0.15, 0.2) is 12.1 Å². The van der Waals surface area contributed by atoms with Crippen LogP contribution in [0.2, 0.25) is 0 Å². The summed E-state index contributed by atoms with van der Waals surface area (Å²) >= 11 is 1.97. The van der Waals surface area contributed by atoms with Crippen LogP contribution in [-0.4, -0.2) is 49.6 Å². The van der Waals surface area contributed by atoms with Gasteiger partial charge in [0.05, 0.1) is 0 Å². The van der Waals surface area contributed by atoms with Crippen LogP contribution in [-0.2, 0) is 13.1 Å². The molecule has 1 aliphatic rings. The van der Waals surface area contributed by atoms with Gasteiger partial charge in [-0.2, -0.15) is 0 Å². The molecule has 120 valence electrons. The highest BCUT2D eigenvalue weighted by molar-refractivity contribution is 7.11. The molecule has 2 heterocycles. The van der Waals surface area contributed by atoms with Gasteiger partial charge in [0.15, 0.2) is 0 Å². The van der Waals surface area contributed by atoms with E-state index in [2.05, 4.69) is 55.2 Å². The fourth-order valence-corrected chi connectivity index (χ4v) is 3.93. The Balaban J connectivity index is 1.73. The van der Waals surface area contributed by atoms with E-state index in [0.29, 0.717) is 0 Å². The molecular weight excluding hydrogens is 278 g/mol. The van der Waals surface area contributed by atoms with E-state index in [-0.39, 0.29) is 0 Å². The van der Waals surface area contributed by atoms with Crippen LogP contribution < -0.4 is 5.32 Å². The Morgan fingerprint density at radius 2 is 1.90 bits per heavy atom. The predicted molar refractivity (Wildman–Crippen MR) is 92.8 cm³/mol. The normalized spacial score (nSPS) is 18.0. The van der Waals surface area contributed by atoms with Gasteiger partial charge in [0.2, 0.25) is 0 Å². The molecule has 1 N–H and O–H groups in total. The molecule has 3 nitrogen and oxygen atoms in total. The SMILES string of the molecule is CC(C)CNCc1ccc(CN2CCC(N(C)C)CC2)s1. The number of nitrogens with one attached hydrogen (secondary N) is 1. The Bertz CT molecular complexity index is 406. The monoisotopic (exact) mass is 309 g/mol. The molecule has 2 rings (SSSR count). The zero-order valence-electron chi connectivity index (χ0n) is 14.1. The molecule has 0 aromatic carbocycles. The molecule has 0 atom stereocenters. The Morgan fingerprint density at radius 3 is 2.52 bits per heavy atom. The first-order valence-corrected chi connectivity index (χ1v) is 9.03. The minimum absolute atomic E-state index is 0.724.